The quantitative estimate of drug-likeness (QED) is 0.911. The minimum absolute atomic E-state index is 0.0466. The SMILES string of the molecule is COC1(c2ccccc2)CC(=O)c2cc(O)ccc2O1. The fraction of sp³-hybridized carbons (Fsp3) is 0.188. The second-order valence-corrected chi connectivity index (χ2v) is 4.71. The Morgan fingerprint density at radius 3 is 2.65 bits per heavy atom. The van der Waals surface area contributed by atoms with Crippen molar-refractivity contribution in [2.75, 3.05) is 7.11 Å². The molecule has 1 aliphatic rings. The third-order valence-electron chi connectivity index (χ3n) is 3.48. The van der Waals surface area contributed by atoms with Crippen LogP contribution in [0.15, 0.2) is 48.5 Å². The Balaban J connectivity index is 2.09. The predicted molar refractivity (Wildman–Crippen MR) is 72.8 cm³/mol. The molecule has 0 saturated heterocycles. The lowest BCUT2D eigenvalue weighted by Gasteiger charge is -2.36. The standard InChI is InChI=1S/C16H14O4/c1-19-16(11-5-3-2-4-6-11)10-14(18)13-9-12(17)7-8-15(13)20-16/h2-9,17H,10H2,1H3. The van der Waals surface area contributed by atoms with Gasteiger partial charge in [0, 0.05) is 12.7 Å². The van der Waals surface area contributed by atoms with Gasteiger partial charge in [-0.1, -0.05) is 30.3 Å². The minimum atomic E-state index is -1.11. The molecule has 1 heterocycles. The van der Waals surface area contributed by atoms with Gasteiger partial charge in [0.2, 0.25) is 5.79 Å². The van der Waals surface area contributed by atoms with Crippen molar-refractivity contribution in [2.24, 2.45) is 0 Å². The lowest BCUT2D eigenvalue weighted by atomic mass is 9.93. The molecule has 102 valence electrons. The molecule has 0 aliphatic carbocycles. The molecule has 1 atom stereocenters. The van der Waals surface area contributed by atoms with Gasteiger partial charge in [0.05, 0.1) is 12.0 Å². The van der Waals surface area contributed by atoms with Gasteiger partial charge in [-0.2, -0.15) is 0 Å². The van der Waals surface area contributed by atoms with Crippen molar-refractivity contribution in [1.29, 1.82) is 0 Å². The second kappa shape index (κ2) is 4.65. The molecule has 3 rings (SSSR count). The van der Waals surface area contributed by atoms with Crippen LogP contribution in [0.25, 0.3) is 0 Å². The molecule has 0 bridgehead atoms. The maximum absolute atomic E-state index is 12.3. The highest BCUT2D eigenvalue weighted by atomic mass is 16.7. The zero-order chi connectivity index (χ0) is 14.2. The van der Waals surface area contributed by atoms with Crippen LogP contribution in [0.3, 0.4) is 0 Å². The van der Waals surface area contributed by atoms with Crippen LogP contribution in [-0.4, -0.2) is 18.0 Å². The second-order valence-electron chi connectivity index (χ2n) is 4.71. The Kier molecular flexibility index (Phi) is 2.95. The summed E-state index contributed by atoms with van der Waals surface area (Å²) in [6.45, 7) is 0. The van der Waals surface area contributed by atoms with Crippen molar-refractivity contribution in [3.05, 3.63) is 59.7 Å². The fourth-order valence-electron chi connectivity index (χ4n) is 2.43. The number of aromatic hydroxyl groups is 1. The normalized spacial score (nSPS) is 21.1. The molecule has 0 saturated carbocycles. The molecule has 4 heteroatoms. The Bertz CT molecular complexity index is 651. The van der Waals surface area contributed by atoms with Crippen LogP contribution in [0.5, 0.6) is 11.5 Å². The van der Waals surface area contributed by atoms with Crippen LogP contribution in [0.4, 0.5) is 0 Å². The molecule has 2 aromatic rings. The van der Waals surface area contributed by atoms with Crippen LogP contribution in [-0.2, 0) is 10.5 Å². The maximum atomic E-state index is 12.3. The number of ether oxygens (including phenoxy) is 2. The molecule has 0 aromatic heterocycles. The average molecular weight is 270 g/mol. The smallest absolute Gasteiger partial charge is 0.244 e. The number of hydrogen-bond donors (Lipinski definition) is 1. The average Bonchev–Trinajstić information content (AvgIpc) is 2.49. The summed E-state index contributed by atoms with van der Waals surface area (Å²) in [6.07, 6.45) is 0.0734. The van der Waals surface area contributed by atoms with Crippen LogP contribution in [0, 0.1) is 0 Å². The predicted octanol–water partition coefficient (Wildman–Crippen LogP) is 2.86. The van der Waals surface area contributed by atoms with Crippen molar-refractivity contribution in [3.63, 3.8) is 0 Å². The Morgan fingerprint density at radius 2 is 1.95 bits per heavy atom. The van der Waals surface area contributed by atoms with E-state index in [2.05, 4.69) is 0 Å². The summed E-state index contributed by atoms with van der Waals surface area (Å²) in [7, 11) is 1.52. The van der Waals surface area contributed by atoms with Gasteiger partial charge in [-0.15, -0.1) is 0 Å². The Morgan fingerprint density at radius 1 is 1.20 bits per heavy atom. The van der Waals surface area contributed by atoms with Crippen molar-refractivity contribution in [2.45, 2.75) is 12.2 Å². The van der Waals surface area contributed by atoms with Crippen molar-refractivity contribution in [1.82, 2.24) is 0 Å². The minimum Gasteiger partial charge on any atom is -0.508 e. The summed E-state index contributed by atoms with van der Waals surface area (Å²) >= 11 is 0. The first-order valence-electron chi connectivity index (χ1n) is 6.30. The summed E-state index contributed by atoms with van der Waals surface area (Å²) in [4.78, 5) is 12.3. The largest absolute Gasteiger partial charge is 0.508 e. The number of phenolic OH excluding ortho intramolecular Hbond substituents is 1. The van der Waals surface area contributed by atoms with Crippen LogP contribution < -0.4 is 4.74 Å². The summed E-state index contributed by atoms with van der Waals surface area (Å²) < 4.78 is 11.4. The molecule has 0 radical (unpaired) electrons. The first-order valence-corrected chi connectivity index (χ1v) is 6.30. The molecular formula is C16H14O4. The zero-order valence-corrected chi connectivity index (χ0v) is 11.0. The number of phenols is 1. The number of methoxy groups -OCH3 is 1. The van der Waals surface area contributed by atoms with Gasteiger partial charge in [0.15, 0.2) is 5.78 Å². The van der Waals surface area contributed by atoms with Gasteiger partial charge in [-0.05, 0) is 18.2 Å². The monoisotopic (exact) mass is 270 g/mol. The van der Waals surface area contributed by atoms with Crippen LogP contribution in [0.2, 0.25) is 0 Å². The van der Waals surface area contributed by atoms with E-state index < -0.39 is 5.79 Å². The van der Waals surface area contributed by atoms with Crippen molar-refractivity contribution < 1.29 is 19.4 Å². The van der Waals surface area contributed by atoms with Gasteiger partial charge < -0.3 is 14.6 Å². The molecule has 0 amide bonds. The van der Waals surface area contributed by atoms with Crippen molar-refractivity contribution in [3.8, 4) is 11.5 Å². The number of fused-ring (bicyclic) bond motifs is 1. The number of Topliss-reactive ketones (excluding diaryl/α,β-unsaturated/α-hetero) is 1. The molecule has 0 fully saturated rings. The van der Waals surface area contributed by atoms with E-state index in [1.807, 2.05) is 30.3 Å². The summed E-state index contributed by atoms with van der Waals surface area (Å²) in [5, 5.41) is 9.47. The van der Waals surface area contributed by atoms with Gasteiger partial charge in [-0.3, -0.25) is 4.79 Å². The highest BCUT2D eigenvalue weighted by molar-refractivity contribution is 6.00. The molecule has 0 spiro atoms. The van der Waals surface area contributed by atoms with Gasteiger partial charge in [-0.25, -0.2) is 0 Å². The van der Waals surface area contributed by atoms with E-state index in [-0.39, 0.29) is 18.0 Å². The van der Waals surface area contributed by atoms with E-state index in [1.165, 1.54) is 19.2 Å². The van der Waals surface area contributed by atoms with Gasteiger partial charge >= 0.3 is 0 Å². The lowest BCUT2D eigenvalue weighted by molar-refractivity contribution is -0.173. The molecule has 2 aromatic carbocycles. The molecule has 4 nitrogen and oxygen atoms in total. The third kappa shape index (κ3) is 1.94. The van der Waals surface area contributed by atoms with E-state index in [4.69, 9.17) is 9.47 Å². The van der Waals surface area contributed by atoms with Gasteiger partial charge in [0.25, 0.3) is 0 Å². The number of benzene rings is 2. The number of carbonyl (C=O) groups excluding carboxylic acids is 1. The summed E-state index contributed by atoms with van der Waals surface area (Å²) in [5.74, 6) is -0.759. The highest BCUT2D eigenvalue weighted by Gasteiger charge is 2.42. The van der Waals surface area contributed by atoms with E-state index in [0.717, 1.165) is 5.56 Å². The summed E-state index contributed by atoms with van der Waals surface area (Å²) in [6, 6.07) is 13.9. The molecule has 20 heavy (non-hydrogen) atoms. The Hall–Kier alpha value is -2.33. The lowest BCUT2D eigenvalue weighted by Crippen LogP contribution is -2.41. The fourth-order valence-corrected chi connectivity index (χ4v) is 2.43. The third-order valence-corrected chi connectivity index (χ3v) is 3.48. The number of hydrogen-bond acceptors (Lipinski definition) is 4. The first kappa shape index (κ1) is 12.7. The van der Waals surface area contributed by atoms with E-state index in [0.29, 0.717) is 11.3 Å². The molecule has 1 unspecified atom stereocenters. The van der Waals surface area contributed by atoms with Crippen LogP contribution >= 0.6 is 0 Å². The van der Waals surface area contributed by atoms with E-state index in [9.17, 15) is 9.90 Å². The number of rotatable bonds is 2. The topological polar surface area (TPSA) is 55.8 Å². The van der Waals surface area contributed by atoms with Crippen molar-refractivity contribution >= 4 is 5.78 Å². The maximum Gasteiger partial charge on any atom is 0.244 e. The van der Waals surface area contributed by atoms with E-state index >= 15 is 0 Å². The number of ketones is 1. The zero-order valence-electron chi connectivity index (χ0n) is 11.0. The number of carbonyl (C=O) groups is 1. The van der Waals surface area contributed by atoms with E-state index in [1.54, 1.807) is 6.07 Å². The molecule has 1 N–H and O–H groups in total. The first-order chi connectivity index (χ1) is 9.64. The summed E-state index contributed by atoms with van der Waals surface area (Å²) in [5.41, 5.74) is 1.17. The highest BCUT2D eigenvalue weighted by Crippen LogP contribution is 2.41. The van der Waals surface area contributed by atoms with Gasteiger partial charge in [0.1, 0.15) is 11.5 Å². The molecular weight excluding hydrogens is 256 g/mol. The Labute approximate surface area is 116 Å². The molecule has 1 aliphatic heterocycles. The van der Waals surface area contributed by atoms with Crippen LogP contribution in [0.1, 0.15) is 22.3 Å².